The molecule has 0 aromatic heterocycles. The molecular formula is C47H56Cl2Zr-2. The van der Waals surface area contributed by atoms with E-state index in [9.17, 15) is 0 Å². The van der Waals surface area contributed by atoms with E-state index in [2.05, 4.69) is 176 Å². The maximum atomic E-state index is 3.15. The van der Waals surface area contributed by atoms with Gasteiger partial charge in [-0.25, -0.2) is 11.6 Å². The first-order chi connectivity index (χ1) is 22.1. The fourth-order valence-corrected chi connectivity index (χ4v) is 7.86. The summed E-state index contributed by atoms with van der Waals surface area (Å²) in [5, 5.41) is 5.58. The van der Waals surface area contributed by atoms with E-state index in [4.69, 9.17) is 0 Å². The summed E-state index contributed by atoms with van der Waals surface area (Å²) < 4.78 is 1.46. The van der Waals surface area contributed by atoms with Crippen molar-refractivity contribution in [3.63, 3.8) is 0 Å². The summed E-state index contributed by atoms with van der Waals surface area (Å²) in [5.74, 6) is 0.556. The van der Waals surface area contributed by atoms with Crippen LogP contribution in [0.5, 0.6) is 0 Å². The minimum atomic E-state index is 0. The predicted molar refractivity (Wildman–Crippen MR) is 210 cm³/mol. The number of rotatable bonds is 1. The van der Waals surface area contributed by atoms with Gasteiger partial charge in [-0.1, -0.05) is 117 Å². The molecule has 0 radical (unpaired) electrons. The predicted octanol–water partition coefficient (Wildman–Crippen LogP) is 7.19. The van der Waals surface area contributed by atoms with Crippen molar-refractivity contribution in [1.29, 1.82) is 0 Å². The fraction of sp³-hybridized carbons (Fsp3) is 0.404. The van der Waals surface area contributed by atoms with E-state index in [1.807, 2.05) is 6.08 Å². The second-order valence-electron chi connectivity index (χ2n) is 17.7. The van der Waals surface area contributed by atoms with Crippen molar-refractivity contribution < 1.29 is 49.0 Å². The van der Waals surface area contributed by atoms with E-state index in [0.29, 0.717) is 5.92 Å². The van der Waals surface area contributed by atoms with Gasteiger partial charge in [-0.15, -0.1) is 46.7 Å². The summed E-state index contributed by atoms with van der Waals surface area (Å²) in [4.78, 5) is 0. The van der Waals surface area contributed by atoms with Gasteiger partial charge in [0.05, 0.1) is 0 Å². The molecule has 4 aromatic rings. The summed E-state index contributed by atoms with van der Waals surface area (Å²) in [6, 6.07) is 21.0. The van der Waals surface area contributed by atoms with E-state index in [0.717, 1.165) is 0 Å². The smallest absolute Gasteiger partial charge is 1.00 e. The van der Waals surface area contributed by atoms with Crippen LogP contribution in [0.15, 0.2) is 84.5 Å². The molecule has 0 N–H and O–H groups in total. The molecule has 0 fully saturated rings. The fourth-order valence-electron chi connectivity index (χ4n) is 7.45. The van der Waals surface area contributed by atoms with Crippen LogP contribution in [0.3, 0.4) is 0 Å². The summed E-state index contributed by atoms with van der Waals surface area (Å²) in [6.07, 6.45) is 12.4. The molecule has 50 heavy (non-hydrogen) atoms. The van der Waals surface area contributed by atoms with Gasteiger partial charge < -0.3 is 24.8 Å². The van der Waals surface area contributed by atoms with E-state index in [1.165, 1.54) is 99.1 Å². The first kappa shape index (κ1) is 42.2. The van der Waals surface area contributed by atoms with Gasteiger partial charge >= 0.3 is 76.7 Å². The van der Waals surface area contributed by atoms with Crippen molar-refractivity contribution >= 4 is 35.9 Å². The summed E-state index contributed by atoms with van der Waals surface area (Å²) in [6.45, 7) is 32.0. The SMILES string of the molecule is CC(C)(C)C1=CC(C)(C)c2cc3[cH-]c4cc5c(cc4c3cc21)C(C(C)(C)C)=CC5(C)C.CC1=CC(C)[C-]=C1.C[C](=[Zr+2])c1ccc(C)cc1.[Cl-].[Cl-]. The quantitative estimate of drug-likeness (QED) is 0.180. The molecule has 0 saturated heterocycles. The summed E-state index contributed by atoms with van der Waals surface area (Å²) in [7, 11) is 0. The maximum absolute atomic E-state index is 3.15. The van der Waals surface area contributed by atoms with Crippen LogP contribution in [-0.4, -0.2) is 3.21 Å². The molecule has 7 rings (SSSR count). The number of fused-ring (bicyclic) bond motifs is 5. The number of allylic oxidation sites excluding steroid dienone is 8. The van der Waals surface area contributed by atoms with Gasteiger partial charge in [-0.05, 0) is 33.1 Å². The van der Waals surface area contributed by atoms with Gasteiger partial charge in [0.2, 0.25) is 0 Å². The van der Waals surface area contributed by atoms with Crippen LogP contribution in [0.25, 0.3) is 32.7 Å². The van der Waals surface area contributed by atoms with Gasteiger partial charge in [-0.2, -0.15) is 6.08 Å². The molecule has 0 nitrogen and oxygen atoms in total. The van der Waals surface area contributed by atoms with Crippen molar-refractivity contribution in [2.45, 2.75) is 108 Å². The normalized spacial score (nSPS) is 18.0. The Morgan fingerprint density at radius 2 is 1.14 bits per heavy atom. The van der Waals surface area contributed by atoms with E-state index in [-0.39, 0.29) is 46.5 Å². The molecule has 0 bridgehead atoms. The third-order valence-corrected chi connectivity index (χ3v) is 10.9. The number of benzene rings is 3. The zero-order valence-electron chi connectivity index (χ0n) is 32.8. The second kappa shape index (κ2) is 15.1. The van der Waals surface area contributed by atoms with Gasteiger partial charge in [0.25, 0.3) is 0 Å². The van der Waals surface area contributed by atoms with Crippen LogP contribution in [-0.2, 0) is 35.1 Å². The zero-order valence-corrected chi connectivity index (χ0v) is 36.8. The molecule has 264 valence electrons. The molecular weight excluding hydrogens is 727 g/mol. The Hall–Kier alpha value is -2.18. The van der Waals surface area contributed by atoms with E-state index in [1.54, 1.807) is 0 Å². The number of hydrogen-bond donors (Lipinski definition) is 0. The second-order valence-corrected chi connectivity index (χ2v) is 19.5. The Bertz CT molecular complexity index is 1920. The number of halogens is 2. The largest absolute Gasteiger partial charge is 1.00 e. The molecule has 3 heteroatoms. The first-order valence-electron chi connectivity index (χ1n) is 17.7. The van der Waals surface area contributed by atoms with E-state index < -0.39 is 0 Å². The Labute approximate surface area is 331 Å². The summed E-state index contributed by atoms with van der Waals surface area (Å²) >= 11 is 1.51. The summed E-state index contributed by atoms with van der Waals surface area (Å²) in [5.41, 5.74) is 13.3. The maximum Gasteiger partial charge on any atom is -1.00 e. The van der Waals surface area contributed by atoms with Gasteiger partial charge in [0.15, 0.2) is 0 Å². The molecule has 4 aromatic carbocycles. The van der Waals surface area contributed by atoms with Crippen molar-refractivity contribution in [1.82, 2.24) is 0 Å². The van der Waals surface area contributed by atoms with Gasteiger partial charge in [0.1, 0.15) is 0 Å². The Balaban J connectivity index is 0.000000293. The Morgan fingerprint density at radius 1 is 0.720 bits per heavy atom. The van der Waals surface area contributed by atoms with Crippen LogP contribution in [0.4, 0.5) is 0 Å². The third kappa shape index (κ3) is 8.71. The van der Waals surface area contributed by atoms with E-state index >= 15 is 0 Å². The van der Waals surface area contributed by atoms with Crippen molar-refractivity contribution in [3.05, 3.63) is 124 Å². The van der Waals surface area contributed by atoms with Gasteiger partial charge in [-0.3, -0.25) is 6.08 Å². The van der Waals surface area contributed by atoms with Crippen molar-refractivity contribution in [2.75, 3.05) is 0 Å². The Kier molecular flexibility index (Phi) is 12.7. The first-order valence-corrected chi connectivity index (χ1v) is 18.9. The topological polar surface area (TPSA) is 0 Å². The molecule has 1 unspecified atom stereocenters. The van der Waals surface area contributed by atoms with Gasteiger partial charge in [0, 0.05) is 10.8 Å². The monoisotopic (exact) mass is 780 g/mol. The third-order valence-electron chi connectivity index (χ3n) is 10.1. The van der Waals surface area contributed by atoms with Crippen LogP contribution >= 0.6 is 0 Å². The molecule has 3 aliphatic carbocycles. The molecule has 3 aliphatic rings. The van der Waals surface area contributed by atoms with Crippen molar-refractivity contribution in [2.24, 2.45) is 16.7 Å². The molecule has 0 amide bonds. The number of aryl methyl sites for hydroxylation is 1. The molecule has 0 aliphatic heterocycles. The standard InChI is InChI=1S/C31H37.C9H10.C7H9.2ClH.Zr/c1-28(2,3)26-16-30(7,8)24-12-18-11-19-13-25-23(15-21(19)20(18)14-22(24)26)27(29(4,5)6)17-31(25,9)10;1-3-9-6-4-8(2)5-7-9;1-6-3-4-7(2)5-6;;;/h11-17H,1-10H3;4-7H,1-2H3;3,5,7H,1-2H3;2*1H;/q-1;;-1;;;+2/p-2. The molecule has 0 saturated carbocycles. The van der Waals surface area contributed by atoms with Crippen LogP contribution in [0.1, 0.15) is 123 Å². The van der Waals surface area contributed by atoms with Crippen LogP contribution in [0.2, 0.25) is 0 Å². The molecule has 0 spiro atoms. The number of hydrogen-bond acceptors (Lipinski definition) is 0. The minimum absolute atomic E-state index is 0. The van der Waals surface area contributed by atoms with Crippen molar-refractivity contribution in [3.8, 4) is 0 Å². The zero-order chi connectivity index (χ0) is 35.6. The average molecular weight is 783 g/mol. The minimum Gasteiger partial charge on any atom is -1.00 e. The Morgan fingerprint density at radius 3 is 1.44 bits per heavy atom. The van der Waals surface area contributed by atoms with Crippen LogP contribution < -0.4 is 24.8 Å². The van der Waals surface area contributed by atoms with Crippen LogP contribution in [0, 0.1) is 29.7 Å². The molecule has 1 atom stereocenters. The molecule has 0 heterocycles. The average Bonchev–Trinajstić information content (AvgIpc) is 3.68.